The van der Waals surface area contributed by atoms with Crippen molar-refractivity contribution in [3.63, 3.8) is 0 Å². The summed E-state index contributed by atoms with van der Waals surface area (Å²) in [4.78, 5) is 11.2. The van der Waals surface area contributed by atoms with Gasteiger partial charge in [-0.1, -0.05) is 17.7 Å². The third-order valence-electron chi connectivity index (χ3n) is 2.04. The summed E-state index contributed by atoms with van der Waals surface area (Å²) in [7, 11) is 3.29. The normalized spacial score (nSPS) is 9.35. The molecule has 0 spiro atoms. The lowest BCUT2D eigenvalue weighted by Crippen LogP contribution is -2.31. The van der Waals surface area contributed by atoms with Crippen molar-refractivity contribution in [2.45, 2.75) is 6.54 Å². The van der Waals surface area contributed by atoms with Crippen LogP contribution in [0.5, 0.6) is 5.75 Å². The first-order valence-electron chi connectivity index (χ1n) is 4.91. The van der Waals surface area contributed by atoms with E-state index in [1.54, 1.807) is 26.3 Å². The number of nitrogens with one attached hydrogen (secondary N) is 2. The van der Waals surface area contributed by atoms with Crippen LogP contribution in [0.4, 0.5) is 0 Å². The van der Waals surface area contributed by atoms with Crippen molar-refractivity contribution in [3.05, 3.63) is 28.8 Å². The Hall–Kier alpha value is -0.970. The Kier molecular flexibility index (Phi) is 7.70. The zero-order chi connectivity index (χ0) is 12.0. The molecule has 0 saturated heterocycles. The highest BCUT2D eigenvalue weighted by atomic mass is 35.5. The molecule has 2 N–H and O–H groups in total. The summed E-state index contributed by atoms with van der Waals surface area (Å²) in [6, 6.07) is 5.42. The number of rotatable bonds is 5. The van der Waals surface area contributed by atoms with Gasteiger partial charge in [0.2, 0.25) is 5.91 Å². The predicted molar refractivity (Wildman–Crippen MR) is 71.0 cm³/mol. The Labute approximate surface area is 112 Å². The van der Waals surface area contributed by atoms with Crippen molar-refractivity contribution in [2.24, 2.45) is 0 Å². The van der Waals surface area contributed by atoms with Gasteiger partial charge in [-0.05, 0) is 24.7 Å². The number of likely N-dealkylation sites (N-methyl/N-ethyl adjacent to an activating group) is 1. The van der Waals surface area contributed by atoms with E-state index in [0.29, 0.717) is 23.9 Å². The maximum Gasteiger partial charge on any atom is 0.234 e. The summed E-state index contributed by atoms with van der Waals surface area (Å²) in [5, 5.41) is 6.08. The minimum absolute atomic E-state index is 0. The molecule has 1 aromatic carbocycles. The number of amides is 1. The molecule has 4 nitrogen and oxygen atoms in total. The number of carbonyl (C=O) groups is 1. The maximum absolute atomic E-state index is 11.2. The highest BCUT2D eigenvalue weighted by Gasteiger charge is 2.03. The Morgan fingerprint density at radius 2 is 2.18 bits per heavy atom. The average molecular weight is 279 g/mol. The van der Waals surface area contributed by atoms with Crippen molar-refractivity contribution in [3.8, 4) is 5.75 Å². The zero-order valence-electron chi connectivity index (χ0n) is 9.75. The molecule has 1 amide bonds. The lowest BCUT2D eigenvalue weighted by molar-refractivity contribution is -0.120. The summed E-state index contributed by atoms with van der Waals surface area (Å²) in [5.74, 6) is 0.585. The van der Waals surface area contributed by atoms with E-state index in [1.165, 1.54) is 0 Å². The fourth-order valence-corrected chi connectivity index (χ4v) is 1.52. The van der Waals surface area contributed by atoms with E-state index in [-0.39, 0.29) is 18.3 Å². The van der Waals surface area contributed by atoms with E-state index < -0.39 is 0 Å². The van der Waals surface area contributed by atoms with E-state index in [2.05, 4.69) is 10.6 Å². The first-order valence-corrected chi connectivity index (χ1v) is 5.29. The monoisotopic (exact) mass is 278 g/mol. The van der Waals surface area contributed by atoms with Gasteiger partial charge >= 0.3 is 0 Å². The molecule has 6 heteroatoms. The smallest absolute Gasteiger partial charge is 0.234 e. The van der Waals surface area contributed by atoms with Crippen LogP contribution in [0.2, 0.25) is 5.02 Å². The second-order valence-corrected chi connectivity index (χ2v) is 3.68. The van der Waals surface area contributed by atoms with Gasteiger partial charge in [0.25, 0.3) is 0 Å². The SMILES string of the molecule is CNCC(=O)NCc1ccc(OC)c(Cl)c1.Cl. The molecule has 0 bridgehead atoms. The maximum atomic E-state index is 11.2. The first-order chi connectivity index (χ1) is 7.67. The molecule has 0 unspecified atom stereocenters. The Bertz CT molecular complexity index is 372. The van der Waals surface area contributed by atoms with Crippen LogP contribution in [-0.2, 0) is 11.3 Å². The van der Waals surface area contributed by atoms with Gasteiger partial charge in [0.15, 0.2) is 0 Å². The second kappa shape index (κ2) is 8.17. The van der Waals surface area contributed by atoms with Crippen LogP contribution in [0.1, 0.15) is 5.56 Å². The summed E-state index contributed by atoms with van der Waals surface area (Å²) < 4.78 is 5.03. The number of carbonyl (C=O) groups excluding carboxylic acids is 1. The van der Waals surface area contributed by atoms with Gasteiger partial charge in [-0.25, -0.2) is 0 Å². The summed E-state index contributed by atoms with van der Waals surface area (Å²) in [6.45, 7) is 0.772. The number of benzene rings is 1. The van der Waals surface area contributed by atoms with Gasteiger partial charge in [0, 0.05) is 6.54 Å². The third-order valence-corrected chi connectivity index (χ3v) is 2.34. The number of hydrogen-bond donors (Lipinski definition) is 2. The molecular weight excluding hydrogens is 263 g/mol. The highest BCUT2D eigenvalue weighted by Crippen LogP contribution is 2.24. The van der Waals surface area contributed by atoms with E-state index in [1.807, 2.05) is 6.07 Å². The molecule has 0 radical (unpaired) electrons. The molecule has 0 aliphatic carbocycles. The molecule has 1 aromatic rings. The van der Waals surface area contributed by atoms with E-state index in [4.69, 9.17) is 16.3 Å². The molecule has 96 valence electrons. The molecule has 1 rings (SSSR count). The lowest BCUT2D eigenvalue weighted by Gasteiger charge is -2.07. The molecule has 0 aliphatic rings. The van der Waals surface area contributed by atoms with Crippen LogP contribution in [0, 0.1) is 0 Å². The highest BCUT2D eigenvalue weighted by molar-refractivity contribution is 6.32. The largest absolute Gasteiger partial charge is 0.495 e. The van der Waals surface area contributed by atoms with E-state index in [0.717, 1.165) is 5.56 Å². The van der Waals surface area contributed by atoms with Crippen LogP contribution in [-0.4, -0.2) is 26.6 Å². The van der Waals surface area contributed by atoms with Crippen LogP contribution in [0.15, 0.2) is 18.2 Å². The number of methoxy groups -OCH3 is 1. The van der Waals surface area contributed by atoms with Gasteiger partial charge < -0.3 is 15.4 Å². The number of hydrogen-bond acceptors (Lipinski definition) is 3. The fraction of sp³-hybridized carbons (Fsp3) is 0.364. The Morgan fingerprint density at radius 1 is 1.47 bits per heavy atom. The topological polar surface area (TPSA) is 50.4 Å². The lowest BCUT2D eigenvalue weighted by atomic mass is 10.2. The quantitative estimate of drug-likeness (QED) is 0.861. The summed E-state index contributed by atoms with van der Waals surface area (Å²) in [5.41, 5.74) is 0.940. The van der Waals surface area contributed by atoms with Crippen molar-refractivity contribution in [1.82, 2.24) is 10.6 Å². The Morgan fingerprint density at radius 3 is 2.71 bits per heavy atom. The minimum atomic E-state index is -0.0468. The molecular formula is C11H16Cl2N2O2. The molecule has 0 fully saturated rings. The van der Waals surface area contributed by atoms with E-state index in [9.17, 15) is 4.79 Å². The zero-order valence-corrected chi connectivity index (χ0v) is 11.3. The summed E-state index contributed by atoms with van der Waals surface area (Å²) >= 11 is 5.96. The van der Waals surface area contributed by atoms with Crippen LogP contribution >= 0.6 is 24.0 Å². The molecule has 17 heavy (non-hydrogen) atoms. The van der Waals surface area contributed by atoms with Gasteiger partial charge in [0.05, 0.1) is 18.7 Å². The molecule has 0 saturated carbocycles. The Balaban J connectivity index is 0.00000256. The van der Waals surface area contributed by atoms with Crippen molar-refractivity contribution >= 4 is 29.9 Å². The molecule has 0 atom stereocenters. The van der Waals surface area contributed by atoms with E-state index >= 15 is 0 Å². The number of ether oxygens (including phenoxy) is 1. The molecule has 0 aromatic heterocycles. The minimum Gasteiger partial charge on any atom is -0.495 e. The number of halogens is 2. The first kappa shape index (κ1) is 16.0. The van der Waals surface area contributed by atoms with Crippen LogP contribution < -0.4 is 15.4 Å². The van der Waals surface area contributed by atoms with Gasteiger partial charge in [0.1, 0.15) is 5.75 Å². The molecule has 0 aliphatic heterocycles. The second-order valence-electron chi connectivity index (χ2n) is 3.28. The van der Waals surface area contributed by atoms with Gasteiger partial charge in [-0.3, -0.25) is 4.79 Å². The summed E-state index contributed by atoms with van der Waals surface area (Å²) in [6.07, 6.45) is 0. The van der Waals surface area contributed by atoms with Crippen molar-refractivity contribution < 1.29 is 9.53 Å². The van der Waals surface area contributed by atoms with Crippen LogP contribution in [0.25, 0.3) is 0 Å². The van der Waals surface area contributed by atoms with Gasteiger partial charge in [-0.15, -0.1) is 12.4 Å². The fourth-order valence-electron chi connectivity index (χ4n) is 1.24. The standard InChI is InChI=1S/C11H15ClN2O2.ClH/c1-13-7-11(15)14-6-8-3-4-10(16-2)9(12)5-8;/h3-5,13H,6-7H2,1-2H3,(H,14,15);1H. The average Bonchev–Trinajstić information content (AvgIpc) is 2.27. The third kappa shape index (κ3) is 5.26. The van der Waals surface area contributed by atoms with Crippen molar-refractivity contribution in [1.29, 1.82) is 0 Å². The molecule has 0 heterocycles. The van der Waals surface area contributed by atoms with Gasteiger partial charge in [-0.2, -0.15) is 0 Å². The predicted octanol–water partition coefficient (Wildman–Crippen LogP) is 1.61. The van der Waals surface area contributed by atoms with Crippen molar-refractivity contribution in [2.75, 3.05) is 20.7 Å². The van der Waals surface area contributed by atoms with Crippen LogP contribution in [0.3, 0.4) is 0 Å².